The van der Waals surface area contributed by atoms with Crippen molar-refractivity contribution in [2.75, 3.05) is 18.9 Å². The van der Waals surface area contributed by atoms with E-state index in [1.54, 1.807) is 11.3 Å². The third-order valence-electron chi connectivity index (χ3n) is 3.28. The van der Waals surface area contributed by atoms with Crippen LogP contribution in [0.1, 0.15) is 30.2 Å². The van der Waals surface area contributed by atoms with Gasteiger partial charge in [0.1, 0.15) is 0 Å². The van der Waals surface area contributed by atoms with E-state index in [4.69, 9.17) is 0 Å². The third-order valence-corrected chi connectivity index (χ3v) is 4.14. The first kappa shape index (κ1) is 15.7. The standard InChI is InChI=1S/C17H22N2OS/c1-13(2)15-8-4-5-9-16(15)18-17(20)12-19(3)11-14-7-6-10-21-14/h4-10,13H,11-12H2,1-3H3,(H,18,20). The van der Waals surface area contributed by atoms with Crippen molar-refractivity contribution in [3.8, 4) is 0 Å². The topological polar surface area (TPSA) is 32.3 Å². The largest absolute Gasteiger partial charge is 0.325 e. The van der Waals surface area contributed by atoms with Gasteiger partial charge >= 0.3 is 0 Å². The van der Waals surface area contributed by atoms with Crippen LogP contribution in [0, 0.1) is 0 Å². The van der Waals surface area contributed by atoms with Gasteiger partial charge in [0.2, 0.25) is 5.91 Å². The van der Waals surface area contributed by atoms with Gasteiger partial charge in [-0.3, -0.25) is 9.69 Å². The number of likely N-dealkylation sites (N-methyl/N-ethyl adjacent to an activating group) is 1. The molecule has 1 N–H and O–H groups in total. The molecule has 0 saturated carbocycles. The van der Waals surface area contributed by atoms with Crippen molar-refractivity contribution < 1.29 is 4.79 Å². The van der Waals surface area contributed by atoms with E-state index in [1.165, 1.54) is 10.4 Å². The lowest BCUT2D eigenvalue weighted by atomic mass is 10.0. The molecule has 0 radical (unpaired) electrons. The highest BCUT2D eigenvalue weighted by Crippen LogP contribution is 2.23. The fourth-order valence-electron chi connectivity index (χ4n) is 2.27. The molecule has 0 saturated heterocycles. The molecule has 1 heterocycles. The zero-order chi connectivity index (χ0) is 15.2. The molecule has 1 amide bonds. The van der Waals surface area contributed by atoms with Crippen LogP contribution < -0.4 is 5.32 Å². The van der Waals surface area contributed by atoms with Crippen molar-refractivity contribution >= 4 is 22.9 Å². The van der Waals surface area contributed by atoms with Crippen LogP contribution in [0.3, 0.4) is 0 Å². The predicted octanol–water partition coefficient (Wildman–Crippen LogP) is 3.94. The summed E-state index contributed by atoms with van der Waals surface area (Å²) in [6.07, 6.45) is 0. The number of anilines is 1. The Kier molecular flexibility index (Phi) is 5.53. The SMILES string of the molecule is CC(C)c1ccccc1NC(=O)CN(C)Cc1cccs1. The Morgan fingerprint density at radius 2 is 2.00 bits per heavy atom. The van der Waals surface area contributed by atoms with Crippen LogP contribution in [-0.2, 0) is 11.3 Å². The van der Waals surface area contributed by atoms with Crippen LogP contribution >= 0.6 is 11.3 Å². The fourth-order valence-corrected chi connectivity index (χ4v) is 3.06. The Balaban J connectivity index is 1.92. The highest BCUT2D eigenvalue weighted by atomic mass is 32.1. The third kappa shape index (κ3) is 4.69. The summed E-state index contributed by atoms with van der Waals surface area (Å²) in [4.78, 5) is 15.5. The van der Waals surface area contributed by atoms with Crippen LogP contribution in [0.2, 0.25) is 0 Å². The molecule has 21 heavy (non-hydrogen) atoms. The van der Waals surface area contributed by atoms with Crippen molar-refractivity contribution in [1.29, 1.82) is 0 Å². The van der Waals surface area contributed by atoms with Crippen molar-refractivity contribution in [3.05, 3.63) is 52.2 Å². The number of rotatable bonds is 6. The smallest absolute Gasteiger partial charge is 0.238 e. The Hall–Kier alpha value is -1.65. The molecule has 4 heteroatoms. The van der Waals surface area contributed by atoms with E-state index >= 15 is 0 Å². The number of nitrogens with one attached hydrogen (secondary N) is 1. The second-order valence-electron chi connectivity index (χ2n) is 5.54. The number of para-hydroxylation sites is 1. The molecule has 1 aromatic carbocycles. The second kappa shape index (κ2) is 7.38. The minimum absolute atomic E-state index is 0.0298. The quantitative estimate of drug-likeness (QED) is 0.876. The van der Waals surface area contributed by atoms with Gasteiger partial charge in [-0.15, -0.1) is 11.3 Å². The minimum Gasteiger partial charge on any atom is -0.325 e. The minimum atomic E-state index is 0.0298. The number of carbonyl (C=O) groups is 1. The van der Waals surface area contributed by atoms with Crippen molar-refractivity contribution in [3.63, 3.8) is 0 Å². The van der Waals surface area contributed by atoms with Gasteiger partial charge in [0, 0.05) is 17.1 Å². The van der Waals surface area contributed by atoms with E-state index in [0.29, 0.717) is 12.5 Å². The number of nitrogens with zero attached hydrogens (tertiary/aromatic N) is 1. The monoisotopic (exact) mass is 302 g/mol. The molecule has 0 atom stereocenters. The number of hydrogen-bond acceptors (Lipinski definition) is 3. The van der Waals surface area contributed by atoms with E-state index in [1.807, 2.05) is 36.2 Å². The number of carbonyl (C=O) groups excluding carboxylic acids is 1. The van der Waals surface area contributed by atoms with Crippen LogP contribution in [0.15, 0.2) is 41.8 Å². The molecular weight excluding hydrogens is 280 g/mol. The van der Waals surface area contributed by atoms with Gasteiger partial charge in [-0.1, -0.05) is 38.1 Å². The number of hydrogen-bond donors (Lipinski definition) is 1. The average Bonchev–Trinajstić information content (AvgIpc) is 2.91. The summed E-state index contributed by atoms with van der Waals surface area (Å²) in [7, 11) is 1.97. The predicted molar refractivity (Wildman–Crippen MR) is 89.8 cm³/mol. The number of thiophene rings is 1. The zero-order valence-corrected chi connectivity index (χ0v) is 13.6. The van der Waals surface area contributed by atoms with Gasteiger partial charge in [-0.05, 0) is 36.0 Å². The van der Waals surface area contributed by atoms with Gasteiger partial charge in [0.25, 0.3) is 0 Å². The second-order valence-corrected chi connectivity index (χ2v) is 6.57. The molecule has 3 nitrogen and oxygen atoms in total. The lowest BCUT2D eigenvalue weighted by molar-refractivity contribution is -0.117. The first-order valence-electron chi connectivity index (χ1n) is 7.16. The van der Waals surface area contributed by atoms with Crippen LogP contribution in [0.4, 0.5) is 5.69 Å². The molecule has 0 aliphatic rings. The number of amides is 1. The van der Waals surface area contributed by atoms with Gasteiger partial charge < -0.3 is 5.32 Å². The summed E-state index contributed by atoms with van der Waals surface area (Å²) >= 11 is 1.72. The fraction of sp³-hybridized carbons (Fsp3) is 0.353. The van der Waals surface area contributed by atoms with E-state index in [-0.39, 0.29) is 5.91 Å². The molecule has 0 aliphatic heterocycles. The molecular formula is C17H22N2OS. The maximum absolute atomic E-state index is 12.2. The summed E-state index contributed by atoms with van der Waals surface area (Å²) in [6.45, 7) is 5.46. The van der Waals surface area contributed by atoms with Crippen molar-refractivity contribution in [1.82, 2.24) is 4.90 Å². The van der Waals surface area contributed by atoms with Crippen LogP contribution in [0.25, 0.3) is 0 Å². The maximum Gasteiger partial charge on any atom is 0.238 e. The van der Waals surface area contributed by atoms with E-state index in [0.717, 1.165) is 12.2 Å². The molecule has 0 fully saturated rings. The van der Waals surface area contributed by atoms with Crippen molar-refractivity contribution in [2.45, 2.75) is 26.3 Å². The van der Waals surface area contributed by atoms with Crippen LogP contribution in [0.5, 0.6) is 0 Å². The lowest BCUT2D eigenvalue weighted by Crippen LogP contribution is -2.29. The average molecular weight is 302 g/mol. The molecule has 0 aliphatic carbocycles. The first-order valence-corrected chi connectivity index (χ1v) is 8.04. The molecule has 0 spiro atoms. The van der Waals surface area contributed by atoms with Crippen LogP contribution in [-0.4, -0.2) is 24.4 Å². The molecule has 112 valence electrons. The highest BCUT2D eigenvalue weighted by Gasteiger charge is 2.11. The first-order chi connectivity index (χ1) is 10.1. The number of benzene rings is 1. The summed E-state index contributed by atoms with van der Waals surface area (Å²) in [5.41, 5.74) is 2.09. The highest BCUT2D eigenvalue weighted by molar-refractivity contribution is 7.09. The molecule has 0 bridgehead atoms. The Labute approximate surface area is 130 Å². The molecule has 2 rings (SSSR count). The van der Waals surface area contributed by atoms with E-state index in [2.05, 4.69) is 36.7 Å². The van der Waals surface area contributed by atoms with Crippen molar-refractivity contribution in [2.24, 2.45) is 0 Å². The molecule has 0 unspecified atom stereocenters. The Bertz CT molecular complexity index is 578. The molecule has 2 aromatic rings. The van der Waals surface area contributed by atoms with Gasteiger partial charge in [-0.2, -0.15) is 0 Å². The molecule has 1 aromatic heterocycles. The van der Waals surface area contributed by atoms with Gasteiger partial charge in [0.15, 0.2) is 0 Å². The normalized spacial score (nSPS) is 11.1. The maximum atomic E-state index is 12.2. The summed E-state index contributed by atoms with van der Waals surface area (Å²) < 4.78 is 0. The summed E-state index contributed by atoms with van der Waals surface area (Å²) in [6, 6.07) is 12.1. The Morgan fingerprint density at radius 3 is 2.67 bits per heavy atom. The van der Waals surface area contributed by atoms with Gasteiger partial charge in [0.05, 0.1) is 6.54 Å². The van der Waals surface area contributed by atoms with E-state index in [9.17, 15) is 4.79 Å². The van der Waals surface area contributed by atoms with Gasteiger partial charge in [-0.25, -0.2) is 0 Å². The van der Waals surface area contributed by atoms with E-state index < -0.39 is 0 Å². The summed E-state index contributed by atoms with van der Waals surface area (Å²) in [5, 5.41) is 5.08. The Morgan fingerprint density at radius 1 is 1.24 bits per heavy atom. The lowest BCUT2D eigenvalue weighted by Gasteiger charge is -2.17. The summed E-state index contributed by atoms with van der Waals surface area (Å²) in [5.74, 6) is 0.424. The zero-order valence-electron chi connectivity index (χ0n) is 12.8.